The maximum Gasteiger partial charge on any atom is 0.333 e. The molecule has 0 aliphatic carbocycles. The van der Waals surface area contributed by atoms with Crippen molar-refractivity contribution in [2.75, 3.05) is 158 Å². The summed E-state index contributed by atoms with van der Waals surface area (Å²) < 4.78 is 69.7. The van der Waals surface area contributed by atoms with Crippen molar-refractivity contribution >= 4 is 46.4 Å². The highest BCUT2D eigenvalue weighted by molar-refractivity contribution is 6.67. The summed E-state index contributed by atoms with van der Waals surface area (Å²) >= 11 is 4.87. The van der Waals surface area contributed by atoms with Gasteiger partial charge < -0.3 is 66.7 Å². The normalized spacial score (nSPS) is 23.7. The van der Waals surface area contributed by atoms with Gasteiger partial charge in [-0.15, -0.1) is 0 Å². The number of esters is 1. The zero-order chi connectivity index (χ0) is 51.4. The van der Waals surface area contributed by atoms with Crippen LogP contribution < -0.4 is 0 Å². The van der Waals surface area contributed by atoms with E-state index in [1.54, 1.807) is 13.8 Å². The molecular formula is C49H77ClN2O20. The minimum absolute atomic E-state index is 0. The highest BCUT2D eigenvalue weighted by atomic mass is 35.5. The van der Waals surface area contributed by atoms with E-state index >= 15 is 0 Å². The number of allylic oxidation sites excluding steroid dienone is 1. The quantitative estimate of drug-likeness (QED) is 0.0230. The third-order valence-electron chi connectivity index (χ3n) is 11.3. The van der Waals surface area contributed by atoms with E-state index in [0.29, 0.717) is 137 Å². The number of carbonyl (C=O) groups excluding carboxylic acids is 6. The van der Waals surface area contributed by atoms with Crippen LogP contribution in [0.15, 0.2) is 48.6 Å². The molecule has 0 saturated carbocycles. The molecule has 72 heavy (non-hydrogen) atoms. The van der Waals surface area contributed by atoms with Gasteiger partial charge in [-0.1, -0.05) is 44.9 Å². The molecular weight excluding hydrogens is 972 g/mol. The number of carbonyl (C=O) groups is 6. The number of hydrogen-bond acceptors (Lipinski definition) is 20. The van der Waals surface area contributed by atoms with Crippen LogP contribution in [0.25, 0.3) is 0 Å². The smallest absolute Gasteiger partial charge is 0.333 e. The molecule has 4 bridgehead atoms. The topological polar surface area (TPSA) is 249 Å². The lowest BCUT2D eigenvalue weighted by atomic mass is 9.85. The molecule has 4 saturated heterocycles. The molecule has 8 unspecified atom stereocenters. The number of nitrogens with zero attached hydrogens (tertiary/aromatic N) is 2. The van der Waals surface area contributed by atoms with Crippen LogP contribution in [0.5, 0.6) is 0 Å². The van der Waals surface area contributed by atoms with E-state index in [2.05, 4.69) is 13.2 Å². The number of aliphatic hydroxyl groups is 1. The van der Waals surface area contributed by atoms with Crippen LogP contribution in [0.4, 0.5) is 0 Å². The third kappa shape index (κ3) is 20.5. The van der Waals surface area contributed by atoms with Gasteiger partial charge in [0.25, 0.3) is 0 Å². The van der Waals surface area contributed by atoms with E-state index in [1.807, 2.05) is 24.3 Å². The lowest BCUT2D eigenvalue weighted by molar-refractivity contribution is -0.144. The Hall–Kier alpha value is -3.85. The number of fused-ring (bicyclic) bond motifs is 10. The predicted octanol–water partition coefficient (Wildman–Crippen LogP) is 1.34. The SMILES string of the molecule is C.C=C(C)C(=O)Cl.C=C(C)C(=O)OCCOCCOCCOCCOCCOCCN1C(=O)C2C3C=CC(O3)C2C1=O.O=C1C2C3C=CC(O3)C2C(=O)N1CCOCCOCCOCCOCCOCCO.[2HH]. The summed E-state index contributed by atoms with van der Waals surface area (Å²) in [7, 11) is 0. The molecule has 0 aromatic rings. The minimum atomic E-state index is -0.463. The van der Waals surface area contributed by atoms with Crippen LogP contribution in [0, 0.1) is 23.7 Å². The molecule has 410 valence electrons. The molecule has 8 atom stereocenters. The zero-order valence-corrected chi connectivity index (χ0v) is 41.5. The highest BCUT2D eigenvalue weighted by Gasteiger charge is 2.61. The van der Waals surface area contributed by atoms with E-state index < -0.39 is 11.2 Å². The summed E-state index contributed by atoms with van der Waals surface area (Å²) in [6, 6.07) is 0. The van der Waals surface area contributed by atoms with E-state index in [0.717, 1.165) is 0 Å². The molecule has 4 amide bonds. The Morgan fingerprint density at radius 3 is 0.958 bits per heavy atom. The van der Waals surface area contributed by atoms with E-state index in [4.69, 9.17) is 78.3 Å². The molecule has 0 aromatic heterocycles. The first-order chi connectivity index (χ1) is 34.4. The maximum atomic E-state index is 12.5. The summed E-state index contributed by atoms with van der Waals surface area (Å²) in [5.41, 5.74) is 0.747. The highest BCUT2D eigenvalue weighted by Crippen LogP contribution is 2.46. The summed E-state index contributed by atoms with van der Waals surface area (Å²) in [5, 5.41) is 8.08. The van der Waals surface area contributed by atoms with Gasteiger partial charge in [0.05, 0.1) is 200 Å². The van der Waals surface area contributed by atoms with Crippen molar-refractivity contribution in [2.45, 2.75) is 45.7 Å². The molecule has 22 nitrogen and oxygen atoms in total. The van der Waals surface area contributed by atoms with Crippen LogP contribution in [0.2, 0.25) is 0 Å². The first-order valence-corrected chi connectivity index (χ1v) is 24.2. The fourth-order valence-corrected chi connectivity index (χ4v) is 7.83. The van der Waals surface area contributed by atoms with Crippen LogP contribution in [-0.4, -0.2) is 233 Å². The number of likely N-dealkylation sites (tertiary alicyclic amines) is 2. The van der Waals surface area contributed by atoms with Crippen molar-refractivity contribution < 1.29 is 96.9 Å². The molecule has 6 heterocycles. The second kappa shape index (κ2) is 35.4. The number of hydrogen-bond donors (Lipinski definition) is 1. The lowest BCUT2D eigenvalue weighted by Crippen LogP contribution is -2.37. The monoisotopic (exact) mass is 1050 g/mol. The molecule has 0 radical (unpaired) electrons. The zero-order valence-electron chi connectivity index (χ0n) is 40.8. The largest absolute Gasteiger partial charge is 0.460 e. The Balaban J connectivity index is 0.000000442. The van der Waals surface area contributed by atoms with Crippen molar-refractivity contribution in [3.8, 4) is 0 Å². The molecule has 1 N–H and O–H groups in total. The molecule has 4 fully saturated rings. The van der Waals surface area contributed by atoms with Gasteiger partial charge in [-0.2, -0.15) is 0 Å². The average Bonchev–Trinajstić information content (AvgIpc) is 4.23. The van der Waals surface area contributed by atoms with Crippen molar-refractivity contribution in [3.63, 3.8) is 0 Å². The van der Waals surface area contributed by atoms with Crippen molar-refractivity contribution in [1.82, 2.24) is 9.80 Å². The summed E-state index contributed by atoms with van der Waals surface area (Å²) in [6.45, 7) is 18.8. The molecule has 6 rings (SSSR count). The van der Waals surface area contributed by atoms with Gasteiger partial charge in [-0.3, -0.25) is 33.8 Å². The predicted molar refractivity (Wildman–Crippen MR) is 259 cm³/mol. The van der Waals surface area contributed by atoms with Crippen molar-refractivity contribution in [3.05, 3.63) is 48.6 Å². The number of imide groups is 2. The average molecular weight is 1050 g/mol. The molecule has 6 aliphatic rings. The van der Waals surface area contributed by atoms with Crippen LogP contribution >= 0.6 is 11.6 Å². The Bertz CT molecular complexity index is 1720. The fourth-order valence-electron chi connectivity index (χ4n) is 7.83. The molecule has 6 aliphatic heterocycles. The van der Waals surface area contributed by atoms with Gasteiger partial charge in [0.15, 0.2) is 0 Å². The van der Waals surface area contributed by atoms with Crippen LogP contribution in [0.1, 0.15) is 22.7 Å². The van der Waals surface area contributed by atoms with Gasteiger partial charge in [0, 0.05) is 12.6 Å². The standard InChI is InChI=1S/C24H35NO10.C20H31NO9.C4H5ClO.CH4.H2/c1-17(2)24(28)34-16-15-33-14-13-32-12-11-31-10-9-30-8-7-29-6-5-25-22(26)20-18-3-4-19(35-18)21(20)23(25)27;22-4-6-26-8-10-28-12-14-29-13-11-27-9-7-25-5-3-21-19(23)17-15-1-2-16(30-15)18(17)20(21)24;1-3(2)4(5)6;;/h3-4,18-21H,1,5-16H2,2H3;1-2,15-18,22H,3-14H2;1H2,2H3;1H4;1H/i;;;;1+1. The summed E-state index contributed by atoms with van der Waals surface area (Å²) in [4.78, 5) is 73.5. The minimum Gasteiger partial charge on any atom is -0.460 e. The Morgan fingerprint density at radius 1 is 0.486 bits per heavy atom. The second-order valence-electron chi connectivity index (χ2n) is 16.5. The summed E-state index contributed by atoms with van der Waals surface area (Å²) in [5.74, 6) is -2.51. The van der Waals surface area contributed by atoms with Crippen LogP contribution in [0.3, 0.4) is 0 Å². The fraction of sp³-hybridized carbons (Fsp3) is 0.714. The number of halogens is 1. The van der Waals surface area contributed by atoms with Gasteiger partial charge in [-0.25, -0.2) is 4.79 Å². The van der Waals surface area contributed by atoms with Gasteiger partial charge in [0.2, 0.25) is 28.9 Å². The first kappa shape index (κ1) is 62.4. The van der Waals surface area contributed by atoms with Crippen molar-refractivity contribution in [1.29, 1.82) is 0 Å². The third-order valence-corrected chi connectivity index (χ3v) is 11.6. The number of aliphatic hydroxyl groups excluding tert-OH is 1. The lowest BCUT2D eigenvalue weighted by Gasteiger charge is -2.17. The maximum absolute atomic E-state index is 12.5. The number of amides is 4. The van der Waals surface area contributed by atoms with Crippen molar-refractivity contribution in [2.24, 2.45) is 23.7 Å². The summed E-state index contributed by atoms with van der Waals surface area (Å²) in [6.07, 6.45) is 6.46. The number of rotatable bonds is 37. The van der Waals surface area contributed by atoms with E-state index in [-0.39, 0.29) is 113 Å². The number of ether oxygens (including phenoxy) is 13. The Labute approximate surface area is 428 Å². The Kier molecular flexibility index (Phi) is 30.7. The Morgan fingerprint density at radius 2 is 0.722 bits per heavy atom. The molecule has 23 heteroatoms. The molecule has 0 spiro atoms. The second-order valence-corrected chi connectivity index (χ2v) is 16.8. The first-order valence-electron chi connectivity index (χ1n) is 23.8. The van der Waals surface area contributed by atoms with Gasteiger partial charge in [-0.05, 0) is 25.4 Å². The van der Waals surface area contributed by atoms with E-state index in [1.165, 1.54) is 9.80 Å². The van der Waals surface area contributed by atoms with Gasteiger partial charge >= 0.3 is 5.97 Å². The van der Waals surface area contributed by atoms with Crippen LogP contribution in [-0.2, 0) is 90.3 Å². The van der Waals surface area contributed by atoms with E-state index in [9.17, 15) is 28.8 Å². The molecule has 0 aromatic carbocycles. The van der Waals surface area contributed by atoms with Gasteiger partial charge in [0.1, 0.15) is 6.61 Å².